The van der Waals surface area contributed by atoms with Crippen molar-refractivity contribution in [3.05, 3.63) is 24.2 Å². The molecule has 0 N–H and O–H groups in total. The zero-order valence-electron chi connectivity index (χ0n) is 15.9. The summed E-state index contributed by atoms with van der Waals surface area (Å²) >= 11 is 0. The second kappa shape index (κ2) is 7.76. The topological polar surface area (TPSA) is 71.7 Å². The number of rotatable bonds is 5. The van der Waals surface area contributed by atoms with Gasteiger partial charge in [-0.05, 0) is 18.9 Å². The molecule has 0 aromatic carbocycles. The van der Waals surface area contributed by atoms with Gasteiger partial charge in [0.1, 0.15) is 5.76 Å². The Hall–Kier alpha value is -2.57. The standard InChI is InChI=1S/C19H26N4O3/c1-5-15-12-21-18(26-15)14-10-16(22(2)3)17(20-11-14)23-8-6-13(7-9-23)19(24)25-4/h10-13H,5-9H2,1-4H3. The number of carbonyl (C=O) groups excluding carboxylic acids is 1. The van der Waals surface area contributed by atoms with Gasteiger partial charge in [0.2, 0.25) is 5.89 Å². The van der Waals surface area contributed by atoms with Crippen LogP contribution in [0.25, 0.3) is 11.5 Å². The van der Waals surface area contributed by atoms with Crippen molar-refractivity contribution < 1.29 is 13.9 Å². The summed E-state index contributed by atoms with van der Waals surface area (Å²) in [4.78, 5) is 25.0. The van der Waals surface area contributed by atoms with Crippen LogP contribution in [-0.4, -0.2) is 50.2 Å². The van der Waals surface area contributed by atoms with E-state index < -0.39 is 0 Å². The molecule has 7 nitrogen and oxygen atoms in total. The number of oxazole rings is 1. The predicted octanol–water partition coefficient (Wildman–Crippen LogP) is 2.75. The van der Waals surface area contributed by atoms with E-state index in [2.05, 4.69) is 16.0 Å². The van der Waals surface area contributed by atoms with Crippen molar-refractivity contribution >= 4 is 17.5 Å². The second-order valence-electron chi connectivity index (χ2n) is 6.73. The Morgan fingerprint density at radius 3 is 2.62 bits per heavy atom. The first-order chi connectivity index (χ1) is 12.5. The van der Waals surface area contributed by atoms with Gasteiger partial charge in [-0.3, -0.25) is 4.79 Å². The van der Waals surface area contributed by atoms with Crippen LogP contribution >= 0.6 is 0 Å². The molecule has 7 heteroatoms. The summed E-state index contributed by atoms with van der Waals surface area (Å²) in [6.07, 6.45) is 5.94. The van der Waals surface area contributed by atoms with E-state index in [-0.39, 0.29) is 11.9 Å². The van der Waals surface area contributed by atoms with Gasteiger partial charge in [0.05, 0.1) is 30.5 Å². The summed E-state index contributed by atoms with van der Waals surface area (Å²) in [7, 11) is 5.45. The molecule has 2 aromatic rings. The number of ether oxygens (including phenoxy) is 1. The van der Waals surface area contributed by atoms with Crippen LogP contribution in [0.15, 0.2) is 22.9 Å². The van der Waals surface area contributed by atoms with Crippen LogP contribution in [-0.2, 0) is 16.0 Å². The minimum absolute atomic E-state index is 0.0156. The molecule has 0 spiro atoms. The largest absolute Gasteiger partial charge is 0.469 e. The monoisotopic (exact) mass is 358 g/mol. The number of hydrogen-bond acceptors (Lipinski definition) is 7. The summed E-state index contributed by atoms with van der Waals surface area (Å²) in [5, 5.41) is 0. The number of methoxy groups -OCH3 is 1. The van der Waals surface area contributed by atoms with Crippen LogP contribution in [0.4, 0.5) is 11.5 Å². The van der Waals surface area contributed by atoms with Crippen molar-refractivity contribution in [1.82, 2.24) is 9.97 Å². The lowest BCUT2D eigenvalue weighted by Crippen LogP contribution is -2.37. The average molecular weight is 358 g/mol. The number of pyridine rings is 1. The van der Waals surface area contributed by atoms with Crippen molar-refractivity contribution in [3.8, 4) is 11.5 Å². The highest BCUT2D eigenvalue weighted by atomic mass is 16.5. The number of aromatic nitrogens is 2. The number of piperidine rings is 1. The maximum absolute atomic E-state index is 11.7. The number of anilines is 2. The van der Waals surface area contributed by atoms with E-state index in [0.717, 1.165) is 55.2 Å². The quantitative estimate of drug-likeness (QED) is 0.761. The highest BCUT2D eigenvalue weighted by Crippen LogP contribution is 2.33. The number of carbonyl (C=O) groups is 1. The molecule has 0 aliphatic carbocycles. The summed E-state index contributed by atoms with van der Waals surface area (Å²) in [6, 6.07) is 2.06. The molecule has 0 atom stereocenters. The number of nitrogens with zero attached hydrogens (tertiary/aromatic N) is 4. The minimum atomic E-state index is -0.114. The Bertz CT molecular complexity index is 764. The van der Waals surface area contributed by atoms with Gasteiger partial charge >= 0.3 is 5.97 Å². The molecule has 0 saturated carbocycles. The Labute approximate surface area is 154 Å². The van der Waals surface area contributed by atoms with Crippen LogP contribution in [0, 0.1) is 5.92 Å². The highest BCUT2D eigenvalue weighted by Gasteiger charge is 2.27. The van der Waals surface area contributed by atoms with E-state index in [9.17, 15) is 4.79 Å². The molecule has 1 aliphatic rings. The summed E-state index contributed by atoms with van der Waals surface area (Å²) in [6.45, 7) is 3.60. The second-order valence-corrected chi connectivity index (χ2v) is 6.73. The van der Waals surface area contributed by atoms with Gasteiger partial charge in [0.15, 0.2) is 5.82 Å². The molecule has 1 aliphatic heterocycles. The maximum Gasteiger partial charge on any atom is 0.308 e. The Morgan fingerprint density at radius 1 is 1.31 bits per heavy atom. The minimum Gasteiger partial charge on any atom is -0.469 e. The third-order valence-electron chi connectivity index (χ3n) is 4.81. The SMILES string of the molecule is CCc1cnc(-c2cnc(N3CCC(C(=O)OC)CC3)c(N(C)C)c2)o1. The van der Waals surface area contributed by atoms with Crippen LogP contribution in [0.5, 0.6) is 0 Å². The first kappa shape index (κ1) is 18.2. The van der Waals surface area contributed by atoms with Gasteiger partial charge in [-0.25, -0.2) is 9.97 Å². The molecule has 0 bridgehead atoms. The molecule has 140 valence electrons. The lowest BCUT2D eigenvalue weighted by atomic mass is 9.97. The van der Waals surface area contributed by atoms with Crippen LogP contribution < -0.4 is 9.80 Å². The first-order valence-electron chi connectivity index (χ1n) is 8.98. The van der Waals surface area contributed by atoms with Gasteiger partial charge < -0.3 is 19.0 Å². The Kier molecular flexibility index (Phi) is 5.44. The molecule has 3 rings (SSSR count). The van der Waals surface area contributed by atoms with Crippen LogP contribution in [0.2, 0.25) is 0 Å². The smallest absolute Gasteiger partial charge is 0.308 e. The maximum atomic E-state index is 11.7. The van der Waals surface area contributed by atoms with Crippen LogP contribution in [0.1, 0.15) is 25.5 Å². The summed E-state index contributed by atoms with van der Waals surface area (Å²) in [5.41, 5.74) is 1.87. The zero-order chi connectivity index (χ0) is 18.7. The molecule has 0 unspecified atom stereocenters. The van der Waals surface area contributed by atoms with E-state index in [1.807, 2.05) is 25.9 Å². The number of esters is 1. The van der Waals surface area contributed by atoms with Crippen LogP contribution in [0.3, 0.4) is 0 Å². The molecule has 26 heavy (non-hydrogen) atoms. The summed E-state index contributed by atoms with van der Waals surface area (Å²) in [5.74, 6) is 2.24. The average Bonchev–Trinajstić information content (AvgIpc) is 3.16. The molecule has 1 fully saturated rings. The molecular formula is C19H26N4O3. The van der Waals surface area contributed by atoms with Gasteiger partial charge in [0.25, 0.3) is 0 Å². The third kappa shape index (κ3) is 3.66. The molecule has 1 saturated heterocycles. The van der Waals surface area contributed by atoms with E-state index in [1.54, 1.807) is 12.4 Å². The first-order valence-corrected chi connectivity index (χ1v) is 8.98. The van der Waals surface area contributed by atoms with Crippen molar-refractivity contribution in [2.45, 2.75) is 26.2 Å². The Balaban J connectivity index is 1.83. The zero-order valence-corrected chi connectivity index (χ0v) is 15.9. The lowest BCUT2D eigenvalue weighted by Gasteiger charge is -2.33. The molecule has 0 radical (unpaired) electrons. The van der Waals surface area contributed by atoms with E-state index in [4.69, 9.17) is 14.1 Å². The summed E-state index contributed by atoms with van der Waals surface area (Å²) < 4.78 is 10.6. The molecule has 2 aromatic heterocycles. The predicted molar refractivity (Wildman–Crippen MR) is 100 cm³/mol. The van der Waals surface area contributed by atoms with Gasteiger partial charge in [-0.2, -0.15) is 0 Å². The Morgan fingerprint density at radius 2 is 2.04 bits per heavy atom. The van der Waals surface area contributed by atoms with Gasteiger partial charge in [-0.15, -0.1) is 0 Å². The fourth-order valence-electron chi connectivity index (χ4n) is 3.23. The normalized spacial score (nSPS) is 15.2. The fraction of sp³-hybridized carbons (Fsp3) is 0.526. The van der Waals surface area contributed by atoms with E-state index >= 15 is 0 Å². The van der Waals surface area contributed by atoms with Crippen molar-refractivity contribution in [2.75, 3.05) is 44.1 Å². The molecular weight excluding hydrogens is 332 g/mol. The van der Waals surface area contributed by atoms with E-state index in [1.165, 1.54) is 7.11 Å². The lowest BCUT2D eigenvalue weighted by molar-refractivity contribution is -0.146. The number of aryl methyl sites for hydroxylation is 1. The van der Waals surface area contributed by atoms with Gasteiger partial charge in [0, 0.05) is 39.8 Å². The van der Waals surface area contributed by atoms with Gasteiger partial charge in [-0.1, -0.05) is 6.92 Å². The third-order valence-corrected chi connectivity index (χ3v) is 4.81. The van der Waals surface area contributed by atoms with Crippen molar-refractivity contribution in [2.24, 2.45) is 5.92 Å². The fourth-order valence-corrected chi connectivity index (χ4v) is 3.23. The molecule has 0 amide bonds. The number of hydrogen-bond donors (Lipinski definition) is 0. The van der Waals surface area contributed by atoms with Crippen molar-refractivity contribution in [3.63, 3.8) is 0 Å². The van der Waals surface area contributed by atoms with Crippen molar-refractivity contribution in [1.29, 1.82) is 0 Å². The van der Waals surface area contributed by atoms with E-state index in [0.29, 0.717) is 5.89 Å². The highest BCUT2D eigenvalue weighted by molar-refractivity contribution is 5.74. The molecule has 3 heterocycles.